The SMILES string of the molecule is CCOc1cc(NC2CCC(C)CC2C)c(N)cc1F. The van der Waals surface area contributed by atoms with Gasteiger partial charge in [0.25, 0.3) is 0 Å². The molecule has 0 heterocycles. The lowest BCUT2D eigenvalue weighted by molar-refractivity contribution is 0.276. The normalized spacial score (nSPS) is 26.3. The van der Waals surface area contributed by atoms with E-state index >= 15 is 0 Å². The first kappa shape index (κ1) is 14.9. The predicted octanol–water partition coefficient (Wildman–Crippen LogP) is 4.04. The van der Waals surface area contributed by atoms with Gasteiger partial charge >= 0.3 is 0 Å². The van der Waals surface area contributed by atoms with Crippen LogP contribution >= 0.6 is 0 Å². The van der Waals surface area contributed by atoms with Crippen LogP contribution in [0.5, 0.6) is 5.75 Å². The minimum Gasteiger partial charge on any atom is -0.491 e. The Morgan fingerprint density at radius 2 is 2.10 bits per heavy atom. The molecule has 1 fully saturated rings. The van der Waals surface area contributed by atoms with Gasteiger partial charge in [-0.15, -0.1) is 0 Å². The molecule has 20 heavy (non-hydrogen) atoms. The molecule has 0 amide bonds. The standard InChI is InChI=1S/C16H25FN2O/c1-4-20-16-9-15(13(18)8-12(16)17)19-14-6-5-10(2)7-11(14)3/h8-11,14,19H,4-7,18H2,1-3H3. The molecule has 4 heteroatoms. The van der Waals surface area contributed by atoms with Crippen molar-refractivity contribution in [1.29, 1.82) is 0 Å². The average Bonchev–Trinajstić information content (AvgIpc) is 2.38. The second kappa shape index (κ2) is 6.33. The smallest absolute Gasteiger partial charge is 0.167 e. The van der Waals surface area contributed by atoms with Crippen LogP contribution in [-0.2, 0) is 0 Å². The molecule has 1 aliphatic carbocycles. The molecule has 3 atom stereocenters. The van der Waals surface area contributed by atoms with Crippen LogP contribution in [0, 0.1) is 17.7 Å². The lowest BCUT2D eigenvalue weighted by Gasteiger charge is -2.34. The van der Waals surface area contributed by atoms with Crippen molar-refractivity contribution in [1.82, 2.24) is 0 Å². The number of nitrogens with one attached hydrogen (secondary N) is 1. The molecule has 0 aliphatic heterocycles. The summed E-state index contributed by atoms with van der Waals surface area (Å²) >= 11 is 0. The van der Waals surface area contributed by atoms with E-state index in [0.29, 0.717) is 24.3 Å². The Labute approximate surface area is 120 Å². The Hall–Kier alpha value is -1.45. The van der Waals surface area contributed by atoms with Gasteiger partial charge in [0.05, 0.1) is 18.0 Å². The summed E-state index contributed by atoms with van der Waals surface area (Å²) in [6.45, 7) is 6.84. The third-order valence-electron chi connectivity index (χ3n) is 4.18. The van der Waals surface area contributed by atoms with Crippen LogP contribution in [0.15, 0.2) is 12.1 Å². The number of benzene rings is 1. The molecule has 2 rings (SSSR count). The summed E-state index contributed by atoms with van der Waals surface area (Å²) in [7, 11) is 0. The van der Waals surface area contributed by atoms with Crippen molar-refractivity contribution >= 4 is 11.4 Å². The molecule has 0 saturated heterocycles. The van der Waals surface area contributed by atoms with Crippen LogP contribution in [0.3, 0.4) is 0 Å². The quantitative estimate of drug-likeness (QED) is 0.818. The Morgan fingerprint density at radius 3 is 2.75 bits per heavy atom. The molecule has 0 spiro atoms. The number of halogens is 1. The third-order valence-corrected chi connectivity index (χ3v) is 4.18. The van der Waals surface area contributed by atoms with E-state index in [1.165, 1.54) is 18.9 Å². The molecule has 1 saturated carbocycles. The molecule has 3 N–H and O–H groups in total. The van der Waals surface area contributed by atoms with Crippen LogP contribution in [-0.4, -0.2) is 12.6 Å². The molecule has 3 nitrogen and oxygen atoms in total. The van der Waals surface area contributed by atoms with Crippen molar-refractivity contribution < 1.29 is 9.13 Å². The maximum absolute atomic E-state index is 13.7. The summed E-state index contributed by atoms with van der Waals surface area (Å²) in [4.78, 5) is 0. The minimum atomic E-state index is -0.403. The van der Waals surface area contributed by atoms with Crippen LogP contribution in [0.1, 0.15) is 40.0 Å². The minimum absolute atomic E-state index is 0.265. The van der Waals surface area contributed by atoms with E-state index < -0.39 is 5.82 Å². The van der Waals surface area contributed by atoms with Gasteiger partial charge in [0, 0.05) is 18.2 Å². The number of anilines is 2. The predicted molar refractivity (Wildman–Crippen MR) is 81.6 cm³/mol. The number of ether oxygens (including phenoxy) is 1. The highest BCUT2D eigenvalue weighted by atomic mass is 19.1. The van der Waals surface area contributed by atoms with E-state index in [-0.39, 0.29) is 5.75 Å². The molecule has 0 aromatic heterocycles. The molecule has 0 radical (unpaired) electrons. The van der Waals surface area contributed by atoms with Crippen molar-refractivity contribution in [2.75, 3.05) is 17.7 Å². The maximum Gasteiger partial charge on any atom is 0.167 e. The van der Waals surface area contributed by atoms with Crippen LogP contribution < -0.4 is 15.8 Å². The third kappa shape index (κ3) is 3.35. The van der Waals surface area contributed by atoms with Gasteiger partial charge in [0.1, 0.15) is 0 Å². The number of rotatable bonds is 4. The maximum atomic E-state index is 13.7. The Kier molecular flexibility index (Phi) is 4.73. The highest BCUT2D eigenvalue weighted by molar-refractivity contribution is 5.69. The molecular weight excluding hydrogens is 255 g/mol. The van der Waals surface area contributed by atoms with Gasteiger partial charge in [0.2, 0.25) is 0 Å². The van der Waals surface area contributed by atoms with E-state index in [2.05, 4.69) is 19.2 Å². The molecular formula is C16H25FN2O. The molecule has 1 aliphatic rings. The molecule has 1 aromatic rings. The Bertz CT molecular complexity index is 464. The largest absolute Gasteiger partial charge is 0.491 e. The van der Waals surface area contributed by atoms with Crippen molar-refractivity contribution in [3.63, 3.8) is 0 Å². The number of hydrogen-bond acceptors (Lipinski definition) is 3. The molecule has 0 bridgehead atoms. The summed E-state index contributed by atoms with van der Waals surface area (Å²) in [5.74, 6) is 1.24. The van der Waals surface area contributed by atoms with Crippen molar-refractivity contribution in [2.45, 2.75) is 46.1 Å². The number of hydrogen-bond donors (Lipinski definition) is 2. The Balaban J connectivity index is 2.14. The van der Waals surface area contributed by atoms with Gasteiger partial charge in [0.15, 0.2) is 11.6 Å². The van der Waals surface area contributed by atoms with E-state index in [1.807, 2.05) is 6.92 Å². The van der Waals surface area contributed by atoms with Crippen molar-refractivity contribution in [2.24, 2.45) is 11.8 Å². The zero-order valence-electron chi connectivity index (χ0n) is 12.6. The first-order valence-corrected chi connectivity index (χ1v) is 7.49. The van der Waals surface area contributed by atoms with Crippen LogP contribution in [0.4, 0.5) is 15.8 Å². The fourth-order valence-corrected chi connectivity index (χ4v) is 3.04. The van der Waals surface area contributed by atoms with E-state index in [0.717, 1.165) is 18.0 Å². The fraction of sp³-hybridized carbons (Fsp3) is 0.625. The first-order chi connectivity index (χ1) is 9.51. The number of nitrogen functional groups attached to an aromatic ring is 1. The average molecular weight is 280 g/mol. The van der Waals surface area contributed by atoms with Crippen molar-refractivity contribution in [3.05, 3.63) is 17.9 Å². The monoisotopic (exact) mass is 280 g/mol. The highest BCUT2D eigenvalue weighted by Crippen LogP contribution is 2.34. The van der Waals surface area contributed by atoms with E-state index in [4.69, 9.17) is 10.5 Å². The zero-order valence-corrected chi connectivity index (χ0v) is 12.6. The van der Waals surface area contributed by atoms with Crippen LogP contribution in [0.25, 0.3) is 0 Å². The number of nitrogens with two attached hydrogens (primary N) is 1. The second-order valence-electron chi connectivity index (χ2n) is 5.95. The second-order valence-corrected chi connectivity index (χ2v) is 5.95. The molecule has 112 valence electrons. The highest BCUT2D eigenvalue weighted by Gasteiger charge is 2.25. The topological polar surface area (TPSA) is 47.3 Å². The zero-order chi connectivity index (χ0) is 14.7. The van der Waals surface area contributed by atoms with Gasteiger partial charge < -0.3 is 15.8 Å². The van der Waals surface area contributed by atoms with Gasteiger partial charge in [-0.1, -0.05) is 13.8 Å². The lowest BCUT2D eigenvalue weighted by atomic mass is 9.80. The summed E-state index contributed by atoms with van der Waals surface area (Å²) in [5, 5.41) is 3.47. The van der Waals surface area contributed by atoms with Crippen molar-refractivity contribution in [3.8, 4) is 5.75 Å². The summed E-state index contributed by atoms with van der Waals surface area (Å²) in [6.07, 6.45) is 3.57. The van der Waals surface area contributed by atoms with Gasteiger partial charge in [-0.3, -0.25) is 0 Å². The van der Waals surface area contributed by atoms with E-state index in [9.17, 15) is 4.39 Å². The van der Waals surface area contributed by atoms with Crippen LogP contribution in [0.2, 0.25) is 0 Å². The molecule has 3 unspecified atom stereocenters. The Morgan fingerprint density at radius 1 is 1.35 bits per heavy atom. The van der Waals surface area contributed by atoms with E-state index in [1.54, 1.807) is 6.07 Å². The lowest BCUT2D eigenvalue weighted by Crippen LogP contribution is -2.33. The fourth-order valence-electron chi connectivity index (χ4n) is 3.04. The van der Waals surface area contributed by atoms with Gasteiger partial charge in [-0.25, -0.2) is 4.39 Å². The summed E-state index contributed by atoms with van der Waals surface area (Å²) < 4.78 is 19.0. The summed E-state index contributed by atoms with van der Waals surface area (Å²) in [6, 6.07) is 3.41. The molecule has 1 aromatic carbocycles. The first-order valence-electron chi connectivity index (χ1n) is 7.49. The van der Waals surface area contributed by atoms with Gasteiger partial charge in [-0.05, 0) is 38.0 Å². The van der Waals surface area contributed by atoms with Gasteiger partial charge in [-0.2, -0.15) is 0 Å². The summed E-state index contributed by atoms with van der Waals surface area (Å²) in [5.41, 5.74) is 7.14.